The molecule has 35 heavy (non-hydrogen) atoms. The molecule has 0 spiro atoms. The van der Waals surface area contributed by atoms with Gasteiger partial charge in [-0.2, -0.15) is 20.4 Å². The van der Waals surface area contributed by atoms with Gasteiger partial charge in [-0.3, -0.25) is 9.97 Å². The molecule has 0 aliphatic carbocycles. The van der Waals surface area contributed by atoms with Crippen LogP contribution in [0.1, 0.15) is 35.0 Å². The standard InChI is InChI=1S/2C12H11N3OS.Co/c2*1-9(10-5-2-3-7-13-10)14-15-12(16)11-6-4-8-17-11;/h2*2-8H,1H3,(H,15,16);/q;;+2/p-2/b2*14-9+;. The molecule has 4 aromatic rings. The van der Waals surface area contributed by atoms with E-state index in [2.05, 4.69) is 30.4 Å². The average molecular weight is 548 g/mol. The van der Waals surface area contributed by atoms with Crippen molar-refractivity contribution in [2.24, 2.45) is 20.4 Å². The van der Waals surface area contributed by atoms with E-state index < -0.39 is 0 Å². The Bertz CT molecular complexity index is 1170. The Hall–Kier alpha value is -3.51. The maximum absolute atomic E-state index is 11.6. The van der Waals surface area contributed by atoms with Gasteiger partial charge in [0.1, 0.15) is 0 Å². The van der Waals surface area contributed by atoms with E-state index in [1.165, 1.54) is 22.7 Å². The summed E-state index contributed by atoms with van der Waals surface area (Å²) in [6, 6.07) is 18.1. The molecule has 0 fully saturated rings. The summed E-state index contributed by atoms with van der Waals surface area (Å²) in [5.41, 5.74) is 2.68. The number of nitrogens with zero attached hydrogens (tertiary/aromatic N) is 6. The van der Waals surface area contributed by atoms with E-state index in [4.69, 9.17) is 0 Å². The zero-order chi connectivity index (χ0) is 24.2. The maximum atomic E-state index is 11.6. The third-order valence-corrected chi connectivity index (χ3v) is 5.83. The molecule has 0 N–H and O–H groups in total. The fourth-order valence-corrected chi connectivity index (χ4v) is 3.60. The Kier molecular flexibility index (Phi) is 11.6. The second-order valence-electron chi connectivity index (χ2n) is 6.57. The number of thiophene rings is 2. The van der Waals surface area contributed by atoms with Crippen molar-refractivity contribution in [1.82, 2.24) is 9.97 Å². The molecule has 0 aliphatic rings. The quantitative estimate of drug-likeness (QED) is 0.209. The molecule has 0 unspecified atom stereocenters. The molecule has 0 aliphatic heterocycles. The molecular formula is C24H20CoN6O2S2. The average Bonchev–Trinajstić information content (AvgIpc) is 3.62. The summed E-state index contributed by atoms with van der Waals surface area (Å²) in [4.78, 5) is 9.41. The van der Waals surface area contributed by atoms with Crippen molar-refractivity contribution in [2.75, 3.05) is 0 Å². The third kappa shape index (κ3) is 8.98. The summed E-state index contributed by atoms with van der Waals surface area (Å²) >= 11 is 2.70. The van der Waals surface area contributed by atoms with Crippen molar-refractivity contribution in [2.45, 2.75) is 13.8 Å². The van der Waals surface area contributed by atoms with Crippen LogP contribution in [-0.2, 0) is 16.8 Å². The maximum Gasteiger partial charge on any atom is 2.00 e. The van der Waals surface area contributed by atoms with Crippen LogP contribution < -0.4 is 10.2 Å². The summed E-state index contributed by atoms with van der Waals surface area (Å²) in [6.07, 6.45) is 3.35. The van der Waals surface area contributed by atoms with E-state index in [0.717, 1.165) is 11.4 Å². The minimum absolute atomic E-state index is 0. The largest absolute Gasteiger partial charge is 2.00 e. The van der Waals surface area contributed by atoms with Crippen LogP contribution in [0.4, 0.5) is 0 Å². The molecule has 0 bridgehead atoms. The Balaban J connectivity index is 0.000000240. The predicted octanol–water partition coefficient (Wildman–Crippen LogP) is 3.35. The predicted molar refractivity (Wildman–Crippen MR) is 135 cm³/mol. The van der Waals surface area contributed by atoms with E-state index in [0.29, 0.717) is 21.2 Å². The molecule has 11 heteroatoms. The summed E-state index contributed by atoms with van der Waals surface area (Å²) in [6.45, 7) is 3.54. The van der Waals surface area contributed by atoms with Crippen LogP contribution in [0.25, 0.3) is 0 Å². The van der Waals surface area contributed by atoms with Gasteiger partial charge in [0, 0.05) is 33.9 Å². The summed E-state index contributed by atoms with van der Waals surface area (Å²) in [7, 11) is 0. The van der Waals surface area contributed by atoms with E-state index in [9.17, 15) is 10.2 Å². The van der Waals surface area contributed by atoms with E-state index in [1.807, 2.05) is 59.3 Å². The molecule has 4 rings (SSSR count). The van der Waals surface area contributed by atoms with Crippen molar-refractivity contribution in [3.05, 3.63) is 105 Å². The van der Waals surface area contributed by atoms with Crippen LogP contribution in [0.2, 0.25) is 0 Å². The number of hydrogen-bond acceptors (Lipinski definition) is 10. The van der Waals surface area contributed by atoms with Gasteiger partial charge in [0.05, 0.1) is 22.8 Å². The van der Waals surface area contributed by atoms with Crippen molar-refractivity contribution in [3.63, 3.8) is 0 Å². The smallest absolute Gasteiger partial charge is 0.856 e. The van der Waals surface area contributed by atoms with E-state index in [1.54, 1.807) is 38.4 Å². The first-order chi connectivity index (χ1) is 16.5. The Morgan fingerprint density at radius 3 is 1.37 bits per heavy atom. The second-order valence-corrected chi connectivity index (χ2v) is 8.46. The molecule has 0 saturated carbocycles. The Labute approximate surface area is 221 Å². The van der Waals surface area contributed by atoms with Gasteiger partial charge in [0.2, 0.25) is 0 Å². The first-order valence-electron chi connectivity index (χ1n) is 10.0. The zero-order valence-electron chi connectivity index (χ0n) is 18.7. The second kappa shape index (κ2) is 14.7. The van der Waals surface area contributed by atoms with Crippen LogP contribution >= 0.6 is 22.7 Å². The Morgan fingerprint density at radius 1 is 0.629 bits per heavy atom. The van der Waals surface area contributed by atoms with Gasteiger partial charge in [-0.25, -0.2) is 0 Å². The minimum Gasteiger partial charge on any atom is -0.856 e. The number of rotatable bonds is 6. The molecule has 8 nitrogen and oxygen atoms in total. The normalized spacial score (nSPS) is 12.4. The number of hydrogen-bond donors (Lipinski definition) is 0. The van der Waals surface area contributed by atoms with E-state index in [-0.39, 0.29) is 28.6 Å². The van der Waals surface area contributed by atoms with Crippen LogP contribution in [-0.4, -0.2) is 33.2 Å². The molecule has 0 saturated heterocycles. The topological polar surface area (TPSA) is 121 Å². The van der Waals surface area contributed by atoms with Gasteiger partial charge in [-0.15, -0.1) is 22.7 Å². The van der Waals surface area contributed by atoms with Crippen molar-refractivity contribution >= 4 is 45.9 Å². The first-order valence-corrected chi connectivity index (χ1v) is 11.8. The minimum atomic E-state index is -0.324. The first kappa shape index (κ1) is 27.7. The van der Waals surface area contributed by atoms with E-state index >= 15 is 0 Å². The number of aromatic nitrogens is 2. The van der Waals surface area contributed by atoms with Gasteiger partial charge in [-0.1, -0.05) is 24.3 Å². The van der Waals surface area contributed by atoms with Crippen molar-refractivity contribution < 1.29 is 27.0 Å². The SMILES string of the molecule is C/C(=N\N=C(/[O-])c1cccs1)c1ccccn1.C/C(=N\N=C(/[O-])c1cccs1)c1ccccn1.[Co+2]. The molecular weight excluding hydrogens is 527 g/mol. The van der Waals surface area contributed by atoms with Crippen LogP contribution in [0.15, 0.2) is 104 Å². The van der Waals surface area contributed by atoms with Gasteiger partial charge in [0.25, 0.3) is 0 Å². The molecule has 4 aromatic heterocycles. The molecule has 0 amide bonds. The number of pyridine rings is 2. The summed E-state index contributed by atoms with van der Waals surface area (Å²) in [5.74, 6) is -0.648. The van der Waals surface area contributed by atoms with Gasteiger partial charge in [0.15, 0.2) is 0 Å². The molecule has 179 valence electrons. The monoisotopic (exact) mass is 547 g/mol. The van der Waals surface area contributed by atoms with Gasteiger partial charge >= 0.3 is 16.8 Å². The van der Waals surface area contributed by atoms with Gasteiger partial charge < -0.3 is 10.2 Å². The zero-order valence-corrected chi connectivity index (χ0v) is 21.4. The third-order valence-electron chi connectivity index (χ3n) is 4.12. The molecule has 4 heterocycles. The molecule has 0 atom stereocenters. The van der Waals surface area contributed by atoms with Crippen LogP contribution in [0, 0.1) is 0 Å². The summed E-state index contributed by atoms with van der Waals surface area (Å²) < 4.78 is 0. The Morgan fingerprint density at radius 2 is 1.06 bits per heavy atom. The molecule has 0 aromatic carbocycles. The van der Waals surface area contributed by atoms with Crippen LogP contribution in [0.5, 0.6) is 0 Å². The van der Waals surface area contributed by atoms with Crippen LogP contribution in [0.3, 0.4) is 0 Å². The molecule has 1 radical (unpaired) electrons. The van der Waals surface area contributed by atoms with Crippen molar-refractivity contribution in [3.8, 4) is 0 Å². The summed E-state index contributed by atoms with van der Waals surface area (Å²) in [5, 5.41) is 41.9. The van der Waals surface area contributed by atoms with Crippen molar-refractivity contribution in [1.29, 1.82) is 0 Å². The fourth-order valence-electron chi connectivity index (χ4n) is 2.40. The van der Waals surface area contributed by atoms with Gasteiger partial charge in [-0.05, 0) is 61.0 Å². The fraction of sp³-hybridized carbons (Fsp3) is 0.0833.